The fourth-order valence-electron chi connectivity index (χ4n) is 3.25. The molecule has 0 aliphatic heterocycles. The molecule has 0 heterocycles. The van der Waals surface area contributed by atoms with Crippen molar-refractivity contribution in [3.63, 3.8) is 0 Å². The summed E-state index contributed by atoms with van der Waals surface area (Å²) in [6, 6.07) is 9.24. The minimum Gasteiger partial charge on any atom is -0.354 e. The molecule has 1 atom stereocenters. The van der Waals surface area contributed by atoms with Crippen molar-refractivity contribution in [1.29, 1.82) is 0 Å². The normalized spacial score (nSPS) is 12.2. The summed E-state index contributed by atoms with van der Waals surface area (Å²) in [7, 11) is -3.94. The van der Waals surface area contributed by atoms with E-state index < -0.39 is 28.5 Å². The van der Waals surface area contributed by atoms with Gasteiger partial charge in [-0.2, -0.15) is 0 Å². The molecule has 7 nitrogen and oxygen atoms in total. The number of sulfonamides is 1. The van der Waals surface area contributed by atoms with Crippen LogP contribution in [0.2, 0.25) is 15.1 Å². The van der Waals surface area contributed by atoms with Crippen molar-refractivity contribution in [2.45, 2.75) is 39.8 Å². The number of halogens is 3. The average Bonchev–Trinajstić information content (AvgIpc) is 2.76. The van der Waals surface area contributed by atoms with Crippen LogP contribution in [-0.2, 0) is 26.2 Å². The quantitative estimate of drug-likeness (QED) is 0.437. The molecule has 2 aromatic carbocycles. The van der Waals surface area contributed by atoms with E-state index in [0.717, 1.165) is 28.1 Å². The van der Waals surface area contributed by atoms with Crippen LogP contribution in [0.25, 0.3) is 0 Å². The third-order valence-corrected chi connectivity index (χ3v) is 7.41. The molecular weight excluding hydrogens is 521 g/mol. The number of rotatable bonds is 10. The van der Waals surface area contributed by atoms with Gasteiger partial charge in [-0.1, -0.05) is 66.0 Å². The molecule has 0 bridgehead atoms. The number of carbonyl (C=O) groups excluding carboxylic acids is 2. The maximum atomic E-state index is 13.5. The van der Waals surface area contributed by atoms with Gasteiger partial charge in [-0.15, -0.1) is 0 Å². The Morgan fingerprint density at radius 2 is 1.68 bits per heavy atom. The lowest BCUT2D eigenvalue weighted by molar-refractivity contribution is -0.139. The zero-order valence-corrected chi connectivity index (χ0v) is 22.5. The lowest BCUT2D eigenvalue weighted by atomic mass is 10.1. The van der Waals surface area contributed by atoms with Crippen molar-refractivity contribution in [2.24, 2.45) is 0 Å². The Bertz CT molecular complexity index is 1160. The van der Waals surface area contributed by atoms with Gasteiger partial charge in [-0.05, 0) is 43.5 Å². The van der Waals surface area contributed by atoms with Crippen LogP contribution in [0, 0.1) is 6.92 Å². The second kappa shape index (κ2) is 12.1. The van der Waals surface area contributed by atoms with Crippen molar-refractivity contribution in [2.75, 3.05) is 23.7 Å². The van der Waals surface area contributed by atoms with Crippen LogP contribution in [-0.4, -0.2) is 50.5 Å². The first-order valence-electron chi connectivity index (χ1n) is 10.6. The summed E-state index contributed by atoms with van der Waals surface area (Å²) in [5.74, 6) is -0.905. The van der Waals surface area contributed by atoms with Crippen LogP contribution in [0.15, 0.2) is 36.4 Å². The van der Waals surface area contributed by atoms with Gasteiger partial charge in [-0.25, -0.2) is 8.42 Å². The number of nitrogens with one attached hydrogen (secondary N) is 1. The molecule has 0 fully saturated rings. The zero-order chi connectivity index (χ0) is 25.6. The van der Waals surface area contributed by atoms with Gasteiger partial charge >= 0.3 is 0 Å². The molecule has 0 saturated carbocycles. The van der Waals surface area contributed by atoms with Crippen molar-refractivity contribution in [3.8, 4) is 0 Å². The largest absolute Gasteiger partial charge is 0.354 e. The molecule has 11 heteroatoms. The molecule has 0 aliphatic rings. The number of benzene rings is 2. The fourth-order valence-corrected chi connectivity index (χ4v) is 4.79. The lowest BCUT2D eigenvalue weighted by Gasteiger charge is -2.32. The number of hydrogen-bond acceptors (Lipinski definition) is 4. The smallest absolute Gasteiger partial charge is 0.244 e. The molecule has 2 aromatic rings. The van der Waals surface area contributed by atoms with E-state index in [9.17, 15) is 18.0 Å². The Labute approximate surface area is 216 Å². The van der Waals surface area contributed by atoms with Crippen LogP contribution >= 0.6 is 34.8 Å². The average molecular weight is 549 g/mol. The second-order valence-electron chi connectivity index (χ2n) is 7.90. The highest BCUT2D eigenvalue weighted by Crippen LogP contribution is 2.35. The van der Waals surface area contributed by atoms with Crippen LogP contribution in [0.5, 0.6) is 0 Å². The van der Waals surface area contributed by atoms with E-state index in [1.54, 1.807) is 6.92 Å². The number of amides is 2. The van der Waals surface area contributed by atoms with E-state index >= 15 is 0 Å². The van der Waals surface area contributed by atoms with Gasteiger partial charge in [0.1, 0.15) is 12.6 Å². The molecule has 0 aromatic heterocycles. The third-order valence-electron chi connectivity index (χ3n) is 5.26. The van der Waals surface area contributed by atoms with E-state index in [4.69, 9.17) is 34.8 Å². The molecule has 0 aliphatic carbocycles. The second-order valence-corrected chi connectivity index (χ2v) is 11.0. The van der Waals surface area contributed by atoms with Crippen LogP contribution in [0.3, 0.4) is 0 Å². The standard InChI is InChI=1S/C23H28Cl3N3O4S/c1-5-10-27-23(31)16(3)28(13-17-9-7-6-8-15(17)2)22(30)14-29(34(4,32)33)21-12-19(25)18(24)11-20(21)26/h6-9,11-12,16H,5,10,13-14H2,1-4H3,(H,27,31)/t16-/m1/s1. The molecule has 1 N–H and O–H groups in total. The predicted molar refractivity (Wildman–Crippen MR) is 138 cm³/mol. The topological polar surface area (TPSA) is 86.8 Å². The van der Waals surface area contributed by atoms with Gasteiger partial charge < -0.3 is 10.2 Å². The third kappa shape index (κ3) is 7.25. The summed E-state index contributed by atoms with van der Waals surface area (Å²) in [5, 5.41) is 3.05. The van der Waals surface area contributed by atoms with Crippen molar-refractivity contribution in [3.05, 3.63) is 62.6 Å². The Morgan fingerprint density at radius 3 is 2.26 bits per heavy atom. The molecular formula is C23H28Cl3N3O4S. The van der Waals surface area contributed by atoms with Crippen molar-refractivity contribution < 1.29 is 18.0 Å². The summed E-state index contributed by atoms with van der Waals surface area (Å²) in [6.45, 7) is 5.44. The van der Waals surface area contributed by atoms with E-state index in [2.05, 4.69) is 5.32 Å². The van der Waals surface area contributed by atoms with Gasteiger partial charge in [-0.3, -0.25) is 13.9 Å². The first kappa shape index (κ1) is 28.2. The number of carbonyl (C=O) groups is 2. The van der Waals surface area contributed by atoms with Gasteiger partial charge in [0.05, 0.1) is 27.0 Å². The van der Waals surface area contributed by atoms with E-state index in [-0.39, 0.29) is 33.2 Å². The minimum absolute atomic E-state index is 0.0193. The SMILES string of the molecule is CCCNC(=O)[C@@H](C)N(Cc1ccccc1C)C(=O)CN(c1cc(Cl)c(Cl)cc1Cl)S(C)(=O)=O. The molecule has 0 saturated heterocycles. The van der Waals surface area contributed by atoms with Crippen LogP contribution < -0.4 is 9.62 Å². The van der Waals surface area contributed by atoms with E-state index in [1.165, 1.54) is 17.0 Å². The maximum Gasteiger partial charge on any atom is 0.244 e. The Morgan fingerprint density at radius 1 is 1.06 bits per heavy atom. The van der Waals surface area contributed by atoms with Gasteiger partial charge in [0.15, 0.2) is 0 Å². The summed E-state index contributed by atoms with van der Waals surface area (Å²) >= 11 is 18.3. The highest BCUT2D eigenvalue weighted by molar-refractivity contribution is 7.92. The summed E-state index contributed by atoms with van der Waals surface area (Å²) in [5.41, 5.74) is 1.80. The summed E-state index contributed by atoms with van der Waals surface area (Å²) in [6.07, 6.45) is 1.70. The monoisotopic (exact) mass is 547 g/mol. The number of anilines is 1. The Kier molecular flexibility index (Phi) is 10.1. The first-order valence-corrected chi connectivity index (χ1v) is 13.6. The number of nitrogens with zero attached hydrogens (tertiary/aromatic N) is 2. The zero-order valence-electron chi connectivity index (χ0n) is 19.4. The molecule has 0 spiro atoms. The molecule has 0 unspecified atom stereocenters. The highest BCUT2D eigenvalue weighted by Gasteiger charge is 2.31. The predicted octanol–water partition coefficient (Wildman–Crippen LogP) is 4.66. The van der Waals surface area contributed by atoms with Crippen LogP contribution in [0.1, 0.15) is 31.4 Å². The Hall–Kier alpha value is -2.00. The Balaban J connectivity index is 2.46. The number of aryl methyl sites for hydroxylation is 1. The lowest BCUT2D eigenvalue weighted by Crippen LogP contribution is -2.51. The molecule has 2 rings (SSSR count). The summed E-state index contributed by atoms with van der Waals surface area (Å²) in [4.78, 5) is 27.6. The first-order chi connectivity index (χ1) is 15.9. The summed E-state index contributed by atoms with van der Waals surface area (Å²) < 4.78 is 26.1. The highest BCUT2D eigenvalue weighted by atomic mass is 35.5. The van der Waals surface area contributed by atoms with E-state index in [0.29, 0.717) is 6.54 Å². The van der Waals surface area contributed by atoms with Crippen molar-refractivity contribution >= 4 is 62.3 Å². The van der Waals surface area contributed by atoms with Crippen LogP contribution in [0.4, 0.5) is 5.69 Å². The minimum atomic E-state index is -3.94. The van der Waals surface area contributed by atoms with E-state index in [1.807, 2.05) is 38.1 Å². The van der Waals surface area contributed by atoms with Gasteiger partial charge in [0.2, 0.25) is 21.8 Å². The number of hydrogen-bond donors (Lipinski definition) is 1. The van der Waals surface area contributed by atoms with Crippen molar-refractivity contribution in [1.82, 2.24) is 10.2 Å². The van der Waals surface area contributed by atoms with Gasteiger partial charge in [0.25, 0.3) is 0 Å². The molecule has 2 amide bonds. The maximum absolute atomic E-state index is 13.5. The molecule has 34 heavy (non-hydrogen) atoms. The fraction of sp³-hybridized carbons (Fsp3) is 0.391. The molecule has 186 valence electrons. The van der Waals surface area contributed by atoms with Gasteiger partial charge in [0, 0.05) is 13.1 Å². The molecule has 0 radical (unpaired) electrons.